The van der Waals surface area contributed by atoms with E-state index in [0.717, 1.165) is 10.9 Å². The van der Waals surface area contributed by atoms with E-state index >= 15 is 0 Å². The predicted octanol–water partition coefficient (Wildman–Crippen LogP) is 1.95. The summed E-state index contributed by atoms with van der Waals surface area (Å²) >= 11 is 3.30. The van der Waals surface area contributed by atoms with Gasteiger partial charge in [-0.25, -0.2) is 0 Å². The summed E-state index contributed by atoms with van der Waals surface area (Å²) in [5, 5.41) is 11.7. The molecule has 0 bridgehead atoms. The van der Waals surface area contributed by atoms with E-state index < -0.39 is 0 Å². The zero-order valence-corrected chi connectivity index (χ0v) is 10.1. The third kappa shape index (κ3) is 3.64. The first-order chi connectivity index (χ1) is 7.17. The topological polar surface area (TPSA) is 49.3 Å². The summed E-state index contributed by atoms with van der Waals surface area (Å²) in [5.41, 5.74) is 0.594. The van der Waals surface area contributed by atoms with Gasteiger partial charge in [0, 0.05) is 10.0 Å². The molecule has 0 radical (unpaired) electrons. The van der Waals surface area contributed by atoms with Gasteiger partial charge in [-0.2, -0.15) is 0 Å². The second-order valence-electron chi connectivity index (χ2n) is 3.27. The smallest absolute Gasteiger partial charge is 0.251 e. The van der Waals surface area contributed by atoms with Crippen LogP contribution in [0.4, 0.5) is 0 Å². The number of hydrogen-bond acceptors (Lipinski definition) is 2. The second kappa shape index (κ2) is 5.88. The highest BCUT2D eigenvalue weighted by Crippen LogP contribution is 2.11. The largest absolute Gasteiger partial charge is 0.394 e. The van der Waals surface area contributed by atoms with Crippen LogP contribution < -0.4 is 5.32 Å². The first kappa shape index (κ1) is 12.2. The Hall–Kier alpha value is -0.870. The monoisotopic (exact) mass is 271 g/mol. The van der Waals surface area contributed by atoms with Gasteiger partial charge in [0.25, 0.3) is 5.91 Å². The van der Waals surface area contributed by atoms with Crippen LogP contribution in [0.5, 0.6) is 0 Å². The average Bonchev–Trinajstić information content (AvgIpc) is 2.25. The lowest BCUT2D eigenvalue weighted by molar-refractivity contribution is 0.0915. The zero-order chi connectivity index (χ0) is 11.3. The van der Waals surface area contributed by atoms with E-state index in [0.29, 0.717) is 5.56 Å². The summed E-state index contributed by atoms with van der Waals surface area (Å²) in [7, 11) is 0. The minimum atomic E-state index is -0.170. The number of nitrogens with one attached hydrogen (secondary N) is 1. The highest BCUT2D eigenvalue weighted by molar-refractivity contribution is 9.10. The molecule has 0 heterocycles. The number of amides is 1. The van der Waals surface area contributed by atoms with Crippen molar-refractivity contribution >= 4 is 21.8 Å². The van der Waals surface area contributed by atoms with E-state index in [-0.39, 0.29) is 18.6 Å². The van der Waals surface area contributed by atoms with E-state index in [2.05, 4.69) is 21.2 Å². The summed E-state index contributed by atoms with van der Waals surface area (Å²) < 4.78 is 0.868. The molecule has 0 aliphatic carbocycles. The Bertz CT molecular complexity index is 337. The van der Waals surface area contributed by atoms with Crippen molar-refractivity contribution in [2.24, 2.45) is 0 Å². The second-order valence-corrected chi connectivity index (χ2v) is 4.19. The molecule has 1 amide bonds. The fraction of sp³-hybridized carbons (Fsp3) is 0.364. The van der Waals surface area contributed by atoms with E-state index in [1.165, 1.54) is 0 Å². The number of hydrogen-bond donors (Lipinski definition) is 2. The number of halogens is 1. The number of aliphatic hydroxyl groups is 1. The molecular formula is C11H14BrNO2. The van der Waals surface area contributed by atoms with Crippen LogP contribution in [-0.4, -0.2) is 23.7 Å². The maximum atomic E-state index is 11.7. The molecule has 0 aliphatic heterocycles. The fourth-order valence-corrected chi connectivity index (χ4v) is 1.57. The van der Waals surface area contributed by atoms with Crippen LogP contribution in [0, 0.1) is 0 Å². The van der Waals surface area contributed by atoms with Crippen molar-refractivity contribution in [2.75, 3.05) is 6.61 Å². The molecule has 4 heteroatoms. The van der Waals surface area contributed by atoms with Gasteiger partial charge in [0.2, 0.25) is 0 Å². The van der Waals surface area contributed by atoms with E-state index in [9.17, 15) is 4.79 Å². The maximum Gasteiger partial charge on any atom is 0.251 e. The molecular weight excluding hydrogens is 258 g/mol. The lowest BCUT2D eigenvalue weighted by Crippen LogP contribution is -2.36. The van der Waals surface area contributed by atoms with E-state index in [4.69, 9.17) is 5.11 Å². The van der Waals surface area contributed by atoms with Gasteiger partial charge >= 0.3 is 0 Å². The van der Waals surface area contributed by atoms with Crippen molar-refractivity contribution in [1.29, 1.82) is 0 Å². The molecule has 0 saturated carbocycles. The van der Waals surface area contributed by atoms with Crippen LogP contribution in [0.15, 0.2) is 28.7 Å². The highest BCUT2D eigenvalue weighted by Gasteiger charge is 2.10. The van der Waals surface area contributed by atoms with Crippen LogP contribution in [0.1, 0.15) is 23.7 Å². The van der Waals surface area contributed by atoms with Gasteiger partial charge < -0.3 is 10.4 Å². The Balaban J connectivity index is 2.68. The summed E-state index contributed by atoms with van der Waals surface area (Å²) in [6.07, 6.45) is 0.718. The lowest BCUT2D eigenvalue weighted by Gasteiger charge is -2.13. The molecule has 0 fully saturated rings. The minimum absolute atomic E-state index is 0.0315. The SMILES string of the molecule is CC[C@H](CO)NC(=O)c1cccc(Br)c1. The van der Waals surface area contributed by atoms with Gasteiger partial charge in [-0.1, -0.05) is 28.9 Å². The van der Waals surface area contributed by atoms with Crippen molar-refractivity contribution in [3.63, 3.8) is 0 Å². The summed E-state index contributed by atoms with van der Waals surface area (Å²) in [4.78, 5) is 11.7. The number of rotatable bonds is 4. The van der Waals surface area contributed by atoms with Crippen LogP contribution >= 0.6 is 15.9 Å². The van der Waals surface area contributed by atoms with Crippen molar-refractivity contribution < 1.29 is 9.90 Å². The Kier molecular flexibility index (Phi) is 4.78. The molecule has 0 spiro atoms. The van der Waals surface area contributed by atoms with Gasteiger partial charge in [0.1, 0.15) is 0 Å². The summed E-state index contributed by atoms with van der Waals surface area (Å²) in [6, 6.07) is 6.99. The normalized spacial score (nSPS) is 12.2. The van der Waals surface area contributed by atoms with E-state index in [1.54, 1.807) is 18.2 Å². The quantitative estimate of drug-likeness (QED) is 0.880. The van der Waals surface area contributed by atoms with Crippen molar-refractivity contribution in [2.45, 2.75) is 19.4 Å². The first-order valence-electron chi connectivity index (χ1n) is 4.84. The number of benzene rings is 1. The molecule has 0 aromatic heterocycles. The van der Waals surface area contributed by atoms with Gasteiger partial charge in [-0.3, -0.25) is 4.79 Å². The maximum absolute atomic E-state index is 11.7. The Morgan fingerprint density at radius 3 is 2.87 bits per heavy atom. The van der Waals surface area contributed by atoms with Crippen LogP contribution in [0.2, 0.25) is 0 Å². The fourth-order valence-electron chi connectivity index (χ4n) is 1.18. The third-order valence-corrected chi connectivity index (χ3v) is 2.63. The third-order valence-electron chi connectivity index (χ3n) is 2.14. The molecule has 15 heavy (non-hydrogen) atoms. The highest BCUT2D eigenvalue weighted by atomic mass is 79.9. The molecule has 1 atom stereocenters. The molecule has 0 unspecified atom stereocenters. The van der Waals surface area contributed by atoms with Crippen LogP contribution in [0.3, 0.4) is 0 Å². The predicted molar refractivity (Wildman–Crippen MR) is 62.8 cm³/mol. The molecule has 0 aliphatic rings. The number of aliphatic hydroxyl groups excluding tert-OH is 1. The summed E-state index contributed by atoms with van der Waals surface area (Å²) in [6.45, 7) is 1.89. The van der Waals surface area contributed by atoms with Gasteiger partial charge in [-0.05, 0) is 24.6 Å². The molecule has 1 aromatic carbocycles. The molecule has 3 nitrogen and oxygen atoms in total. The Labute approximate surface area is 97.6 Å². The molecule has 0 saturated heterocycles. The Morgan fingerprint density at radius 2 is 2.33 bits per heavy atom. The van der Waals surface area contributed by atoms with Crippen molar-refractivity contribution in [3.05, 3.63) is 34.3 Å². The van der Waals surface area contributed by atoms with Gasteiger partial charge in [0.05, 0.1) is 12.6 Å². The standard InChI is InChI=1S/C11H14BrNO2/c1-2-10(7-14)13-11(15)8-4-3-5-9(12)6-8/h3-6,10,14H,2,7H2,1H3,(H,13,15)/t10-/m1/s1. The number of carbonyl (C=O) groups excluding carboxylic acids is 1. The molecule has 1 aromatic rings. The lowest BCUT2D eigenvalue weighted by atomic mass is 10.2. The zero-order valence-electron chi connectivity index (χ0n) is 8.53. The average molecular weight is 272 g/mol. The number of carbonyl (C=O) groups is 1. The molecule has 1 rings (SSSR count). The van der Waals surface area contributed by atoms with Crippen molar-refractivity contribution in [3.8, 4) is 0 Å². The van der Waals surface area contributed by atoms with Gasteiger partial charge in [0.15, 0.2) is 0 Å². The summed E-state index contributed by atoms with van der Waals surface area (Å²) in [5.74, 6) is -0.155. The van der Waals surface area contributed by atoms with Gasteiger partial charge in [-0.15, -0.1) is 0 Å². The minimum Gasteiger partial charge on any atom is -0.394 e. The van der Waals surface area contributed by atoms with Crippen LogP contribution in [0.25, 0.3) is 0 Å². The molecule has 82 valence electrons. The van der Waals surface area contributed by atoms with Crippen molar-refractivity contribution in [1.82, 2.24) is 5.32 Å². The van der Waals surface area contributed by atoms with E-state index in [1.807, 2.05) is 13.0 Å². The van der Waals surface area contributed by atoms with Crippen LogP contribution in [-0.2, 0) is 0 Å². The molecule has 2 N–H and O–H groups in total. The first-order valence-corrected chi connectivity index (χ1v) is 5.64. The Morgan fingerprint density at radius 1 is 1.60 bits per heavy atom.